The summed E-state index contributed by atoms with van der Waals surface area (Å²) in [6.07, 6.45) is 8.02. The smallest absolute Gasteiger partial charge is 0.331 e. The van der Waals surface area contributed by atoms with E-state index in [1.807, 2.05) is 13.8 Å². The Morgan fingerprint density at radius 2 is 1.94 bits per heavy atom. The van der Waals surface area contributed by atoms with Crippen molar-refractivity contribution in [2.75, 3.05) is 13.2 Å². The second-order valence-corrected chi connectivity index (χ2v) is 12.8. The number of fused-ring (bicyclic) bond motifs is 5. The second-order valence-electron chi connectivity index (χ2n) is 12.8. The van der Waals surface area contributed by atoms with Crippen LogP contribution in [0.1, 0.15) is 79.1 Å². The molecule has 0 radical (unpaired) electrons. The van der Waals surface area contributed by atoms with Crippen LogP contribution in [0.15, 0.2) is 11.6 Å². The lowest BCUT2D eigenvalue weighted by Crippen LogP contribution is -2.67. The molecule has 0 aromatic heterocycles. The van der Waals surface area contributed by atoms with Gasteiger partial charge in [-0.25, -0.2) is 4.79 Å². The minimum absolute atomic E-state index is 0.0263. The Morgan fingerprint density at radius 3 is 2.63 bits per heavy atom. The summed E-state index contributed by atoms with van der Waals surface area (Å²) in [5.74, 6) is 0.479. The third-order valence-corrected chi connectivity index (χ3v) is 10.9. The van der Waals surface area contributed by atoms with Crippen LogP contribution in [0.2, 0.25) is 0 Å². The molecule has 5 aliphatic rings. The minimum atomic E-state index is -0.942. The van der Waals surface area contributed by atoms with Gasteiger partial charge in [0.2, 0.25) is 5.91 Å². The molecule has 35 heavy (non-hydrogen) atoms. The quantitative estimate of drug-likeness (QED) is 0.513. The molecule has 4 aliphatic carbocycles. The molecule has 4 fully saturated rings. The number of aliphatic hydroxyl groups is 2. The van der Waals surface area contributed by atoms with Crippen LogP contribution < -0.4 is 5.32 Å². The summed E-state index contributed by atoms with van der Waals surface area (Å²) < 4.78 is 11.2. The minimum Gasteiger partial charge on any atom is -0.458 e. The first-order valence-electron chi connectivity index (χ1n) is 13.7. The molecule has 0 unspecified atom stereocenters. The zero-order chi connectivity index (χ0) is 25.2. The number of esters is 1. The number of carbonyl (C=O) groups excluding carboxylic acids is 2. The van der Waals surface area contributed by atoms with Gasteiger partial charge in [-0.3, -0.25) is 4.79 Å². The Morgan fingerprint density at radius 1 is 1.17 bits per heavy atom. The molecule has 196 valence electrons. The van der Waals surface area contributed by atoms with Crippen LogP contribution in [0, 0.1) is 34.5 Å². The largest absolute Gasteiger partial charge is 0.458 e. The molecule has 5 rings (SSSR count). The predicted octanol–water partition coefficient (Wildman–Crippen LogP) is 3.12. The van der Waals surface area contributed by atoms with Gasteiger partial charge in [-0.15, -0.1) is 0 Å². The monoisotopic (exact) mass is 489 g/mol. The van der Waals surface area contributed by atoms with Crippen molar-refractivity contribution in [2.24, 2.45) is 34.5 Å². The van der Waals surface area contributed by atoms with Crippen molar-refractivity contribution < 1.29 is 29.3 Å². The van der Waals surface area contributed by atoms with Gasteiger partial charge in [0.25, 0.3) is 0 Å². The first-order valence-corrected chi connectivity index (χ1v) is 13.7. The molecule has 0 spiro atoms. The van der Waals surface area contributed by atoms with E-state index < -0.39 is 17.1 Å². The fourth-order valence-corrected chi connectivity index (χ4v) is 9.06. The second kappa shape index (κ2) is 8.84. The van der Waals surface area contributed by atoms with E-state index in [1.165, 1.54) is 0 Å². The van der Waals surface area contributed by atoms with Gasteiger partial charge in [0.05, 0.1) is 17.8 Å². The Hall–Kier alpha value is -1.44. The Bertz CT molecular complexity index is 902. The van der Waals surface area contributed by atoms with Gasteiger partial charge in [0, 0.05) is 17.5 Å². The molecule has 0 aromatic carbocycles. The lowest BCUT2D eigenvalue weighted by atomic mass is 9.42. The van der Waals surface area contributed by atoms with Gasteiger partial charge in [0.15, 0.2) is 0 Å². The third kappa shape index (κ3) is 3.88. The predicted molar refractivity (Wildman–Crippen MR) is 130 cm³/mol. The lowest BCUT2D eigenvalue weighted by Gasteiger charge is -2.65. The van der Waals surface area contributed by atoms with Crippen LogP contribution in [-0.4, -0.2) is 59.2 Å². The number of hydrogen-bond donors (Lipinski definition) is 3. The normalized spacial score (nSPS) is 46.9. The fourth-order valence-electron chi connectivity index (χ4n) is 9.06. The zero-order valence-electron chi connectivity index (χ0n) is 21.7. The maximum absolute atomic E-state index is 12.3. The number of amides is 1. The summed E-state index contributed by atoms with van der Waals surface area (Å²) in [5, 5.41) is 26.8. The molecule has 1 aliphatic heterocycles. The highest BCUT2D eigenvalue weighted by atomic mass is 16.5. The molecule has 0 aromatic rings. The number of rotatable bonds is 5. The van der Waals surface area contributed by atoms with Gasteiger partial charge in [-0.1, -0.05) is 13.8 Å². The lowest BCUT2D eigenvalue weighted by molar-refractivity contribution is -0.245. The fraction of sp³-hybridized carbons (Fsp3) is 0.857. The highest BCUT2D eigenvalue weighted by molar-refractivity contribution is 5.85. The first-order chi connectivity index (χ1) is 16.5. The molecular formula is C28H43NO6. The molecule has 1 heterocycles. The average Bonchev–Trinajstić information content (AvgIpc) is 3.34. The Kier molecular flexibility index (Phi) is 6.37. The summed E-state index contributed by atoms with van der Waals surface area (Å²) in [4.78, 5) is 23.8. The molecule has 7 heteroatoms. The van der Waals surface area contributed by atoms with Gasteiger partial charge >= 0.3 is 5.97 Å². The topological polar surface area (TPSA) is 105 Å². The average molecular weight is 490 g/mol. The highest BCUT2D eigenvalue weighted by Gasteiger charge is 2.70. The van der Waals surface area contributed by atoms with E-state index in [0.29, 0.717) is 18.8 Å². The van der Waals surface area contributed by atoms with Crippen molar-refractivity contribution in [1.82, 2.24) is 5.32 Å². The molecule has 0 bridgehead atoms. The molecule has 0 saturated heterocycles. The van der Waals surface area contributed by atoms with Crippen LogP contribution >= 0.6 is 0 Å². The van der Waals surface area contributed by atoms with E-state index in [4.69, 9.17) is 9.47 Å². The zero-order valence-corrected chi connectivity index (χ0v) is 21.7. The summed E-state index contributed by atoms with van der Waals surface area (Å²) in [5.41, 5.74) is -0.626. The van der Waals surface area contributed by atoms with E-state index in [2.05, 4.69) is 19.2 Å². The number of nitrogens with one attached hydrogen (secondary N) is 1. The molecule has 7 nitrogen and oxygen atoms in total. The number of cyclic esters (lactones) is 1. The van der Waals surface area contributed by atoms with Crippen molar-refractivity contribution >= 4 is 11.9 Å². The highest BCUT2D eigenvalue weighted by Crippen LogP contribution is 2.70. The van der Waals surface area contributed by atoms with Gasteiger partial charge in [0.1, 0.15) is 13.2 Å². The Balaban J connectivity index is 1.32. The standard InChI is InChI=1S/C28H43NO6/c1-16(2)29-24(31)15-34-19-7-9-26(3)18(12-19)5-6-21-22(26)13-23(30)27(4)20(8-10-28(21,27)33)17-11-25(32)35-14-17/h11,16,18-23,30,33H,5-10,12-15H2,1-4H3,(H,29,31)/t18-,19+,20-,21-,22+,23-,26+,27+,28+/m1/s1. The maximum atomic E-state index is 12.3. The van der Waals surface area contributed by atoms with Crippen molar-refractivity contribution in [3.05, 3.63) is 11.6 Å². The summed E-state index contributed by atoms with van der Waals surface area (Å²) in [7, 11) is 0. The molecule has 1 amide bonds. The number of carbonyl (C=O) groups is 2. The molecule has 9 atom stereocenters. The Labute approximate surface area is 209 Å². The third-order valence-electron chi connectivity index (χ3n) is 10.9. The summed E-state index contributed by atoms with van der Waals surface area (Å²) >= 11 is 0. The van der Waals surface area contributed by atoms with E-state index in [0.717, 1.165) is 44.1 Å². The van der Waals surface area contributed by atoms with Gasteiger partial charge in [-0.2, -0.15) is 0 Å². The van der Waals surface area contributed by atoms with E-state index in [-0.39, 0.29) is 60.4 Å². The number of ether oxygens (including phenoxy) is 2. The SMILES string of the molecule is CC(C)NC(=O)CO[C@H]1CC[C@@]2(C)[C@H](CC[C@@H]3[C@@H]2C[C@@H](O)[C@]2(C)[C@@H](C4=CC(=O)OC4)CC[C@]32O)C1. The van der Waals surface area contributed by atoms with E-state index in [1.54, 1.807) is 6.08 Å². The summed E-state index contributed by atoms with van der Waals surface area (Å²) in [6, 6.07) is 0.110. The van der Waals surface area contributed by atoms with Gasteiger partial charge in [-0.05, 0) is 99.9 Å². The first kappa shape index (κ1) is 25.2. The maximum Gasteiger partial charge on any atom is 0.331 e. The van der Waals surface area contributed by atoms with Crippen LogP contribution in [-0.2, 0) is 19.1 Å². The van der Waals surface area contributed by atoms with E-state index >= 15 is 0 Å². The van der Waals surface area contributed by atoms with Crippen LogP contribution in [0.25, 0.3) is 0 Å². The number of aliphatic hydroxyl groups excluding tert-OH is 1. The van der Waals surface area contributed by atoms with E-state index in [9.17, 15) is 19.8 Å². The number of hydrogen-bond acceptors (Lipinski definition) is 6. The van der Waals surface area contributed by atoms with Crippen molar-refractivity contribution in [3.63, 3.8) is 0 Å². The molecule has 3 N–H and O–H groups in total. The van der Waals surface area contributed by atoms with Gasteiger partial charge < -0.3 is 25.0 Å². The van der Waals surface area contributed by atoms with Crippen molar-refractivity contribution in [1.29, 1.82) is 0 Å². The van der Waals surface area contributed by atoms with Crippen LogP contribution in [0.4, 0.5) is 0 Å². The molecular weight excluding hydrogens is 446 g/mol. The van der Waals surface area contributed by atoms with Crippen LogP contribution in [0.3, 0.4) is 0 Å². The van der Waals surface area contributed by atoms with Crippen molar-refractivity contribution in [2.45, 2.75) is 103 Å². The van der Waals surface area contributed by atoms with Crippen molar-refractivity contribution in [3.8, 4) is 0 Å². The molecule has 4 saturated carbocycles. The summed E-state index contributed by atoms with van der Waals surface area (Å²) in [6.45, 7) is 8.71. The van der Waals surface area contributed by atoms with Crippen LogP contribution in [0.5, 0.6) is 0 Å².